The van der Waals surface area contributed by atoms with Crippen molar-refractivity contribution in [1.29, 1.82) is 0 Å². The van der Waals surface area contributed by atoms with E-state index in [1.807, 2.05) is 0 Å². The summed E-state index contributed by atoms with van der Waals surface area (Å²) in [4.78, 5) is 35.1. The molecule has 11 nitrogen and oxygen atoms in total. The van der Waals surface area contributed by atoms with E-state index in [0.29, 0.717) is 5.82 Å². The van der Waals surface area contributed by atoms with Gasteiger partial charge in [-0.05, 0) is 15.8 Å². The Morgan fingerprint density at radius 3 is 2.67 bits per heavy atom. The van der Waals surface area contributed by atoms with E-state index >= 15 is 0 Å². The van der Waals surface area contributed by atoms with Gasteiger partial charge in [-0.3, -0.25) is 25.1 Å². The molecule has 2 rings (SSSR count). The van der Waals surface area contributed by atoms with Crippen LogP contribution in [0, 0.1) is 20.2 Å². The van der Waals surface area contributed by atoms with Gasteiger partial charge in [0.2, 0.25) is 6.34 Å². The van der Waals surface area contributed by atoms with Crippen molar-refractivity contribution in [3.8, 4) is 5.88 Å². The van der Waals surface area contributed by atoms with E-state index in [9.17, 15) is 20.2 Å². The highest BCUT2D eigenvalue weighted by molar-refractivity contribution is 5.57. The van der Waals surface area contributed by atoms with Gasteiger partial charge in [0.05, 0.1) is 9.85 Å². The van der Waals surface area contributed by atoms with Crippen molar-refractivity contribution < 1.29 is 19.4 Å². The molecule has 0 unspecified atom stereocenters. The summed E-state index contributed by atoms with van der Waals surface area (Å²) in [5.74, 6) is -0.0382. The third kappa shape index (κ3) is 3.97. The van der Waals surface area contributed by atoms with Crippen molar-refractivity contribution in [2.24, 2.45) is 4.99 Å². The first kappa shape index (κ1) is 16.7. The van der Waals surface area contributed by atoms with Crippen LogP contribution < -0.4 is 9.57 Å². The smallest absolute Gasteiger partial charge is 0.348 e. The zero-order valence-electron chi connectivity index (χ0n) is 12.8. The fourth-order valence-electron chi connectivity index (χ4n) is 1.60. The molecule has 2 aromatic rings. The van der Waals surface area contributed by atoms with Gasteiger partial charge in [-0.25, -0.2) is 4.98 Å². The third-order valence-electron chi connectivity index (χ3n) is 2.63. The molecule has 0 fully saturated rings. The fraction of sp³-hybridized carbons (Fsp3) is 0.154. The molecule has 24 heavy (non-hydrogen) atoms. The van der Waals surface area contributed by atoms with Gasteiger partial charge in [0.1, 0.15) is 18.5 Å². The average Bonchev–Trinajstić information content (AvgIpc) is 2.53. The summed E-state index contributed by atoms with van der Waals surface area (Å²) in [6, 6.07) is 5.75. The van der Waals surface area contributed by atoms with E-state index in [1.165, 1.54) is 17.3 Å². The molecule has 0 saturated carbocycles. The first-order chi connectivity index (χ1) is 11.4. The largest absolute Gasteiger partial charge is 0.363 e. The van der Waals surface area contributed by atoms with Gasteiger partial charge in [-0.2, -0.15) is 0 Å². The van der Waals surface area contributed by atoms with Crippen LogP contribution in [0.1, 0.15) is 0 Å². The number of pyridine rings is 2. The van der Waals surface area contributed by atoms with Crippen molar-refractivity contribution in [2.75, 3.05) is 14.1 Å². The van der Waals surface area contributed by atoms with Crippen LogP contribution in [-0.4, -0.2) is 40.2 Å². The maximum absolute atomic E-state index is 11.1. The lowest BCUT2D eigenvalue weighted by atomic mass is 10.4. The topological polar surface area (TPSA) is 128 Å². The predicted molar refractivity (Wildman–Crippen MR) is 82.0 cm³/mol. The van der Waals surface area contributed by atoms with Gasteiger partial charge in [0.15, 0.2) is 0 Å². The number of hydrogen-bond acceptors (Lipinski definition) is 7. The van der Waals surface area contributed by atoms with Crippen LogP contribution in [-0.2, 0) is 0 Å². The summed E-state index contributed by atoms with van der Waals surface area (Å²) >= 11 is 0. The Bertz CT molecular complexity index is 807. The first-order valence-electron chi connectivity index (χ1n) is 6.57. The quantitative estimate of drug-likeness (QED) is 0.256. The summed E-state index contributed by atoms with van der Waals surface area (Å²) in [7, 11) is 3.56. The Labute approximate surface area is 135 Å². The highest BCUT2D eigenvalue weighted by Gasteiger charge is 2.25. The molecule has 0 saturated heterocycles. The summed E-state index contributed by atoms with van der Waals surface area (Å²) in [6.45, 7) is 0. The molecule has 0 aliphatic heterocycles. The normalized spacial score (nSPS) is 10.6. The van der Waals surface area contributed by atoms with Crippen LogP contribution in [0.3, 0.4) is 0 Å². The van der Waals surface area contributed by atoms with Gasteiger partial charge >= 0.3 is 17.4 Å². The molecule has 0 bridgehead atoms. The van der Waals surface area contributed by atoms with E-state index < -0.39 is 21.2 Å². The summed E-state index contributed by atoms with van der Waals surface area (Å²) in [5, 5.41) is 21.8. The van der Waals surface area contributed by atoms with Crippen molar-refractivity contribution >= 4 is 23.5 Å². The summed E-state index contributed by atoms with van der Waals surface area (Å²) in [6.07, 6.45) is 3.89. The van der Waals surface area contributed by atoms with Gasteiger partial charge in [0, 0.05) is 20.2 Å². The highest BCUT2D eigenvalue weighted by Crippen LogP contribution is 2.27. The van der Waals surface area contributed by atoms with E-state index in [0.717, 1.165) is 12.3 Å². The molecule has 0 aliphatic carbocycles. The molecule has 0 atom stereocenters. The van der Waals surface area contributed by atoms with Crippen LogP contribution in [0.15, 0.2) is 41.7 Å². The molecular formula is C13H13N6O5+. The van der Waals surface area contributed by atoms with Crippen LogP contribution in [0.2, 0.25) is 0 Å². The lowest BCUT2D eigenvalue weighted by Crippen LogP contribution is -2.40. The molecule has 0 aliphatic rings. The van der Waals surface area contributed by atoms with Crippen LogP contribution in [0.5, 0.6) is 5.88 Å². The Hall–Kier alpha value is -3.63. The van der Waals surface area contributed by atoms with Crippen molar-refractivity contribution in [1.82, 2.24) is 9.88 Å². The van der Waals surface area contributed by atoms with E-state index in [2.05, 4.69) is 9.98 Å². The average molecular weight is 333 g/mol. The fourth-order valence-corrected chi connectivity index (χ4v) is 1.60. The Kier molecular flexibility index (Phi) is 4.94. The molecule has 0 N–H and O–H groups in total. The molecular weight excluding hydrogens is 320 g/mol. The van der Waals surface area contributed by atoms with Crippen LogP contribution in [0.25, 0.3) is 0 Å². The van der Waals surface area contributed by atoms with Gasteiger partial charge < -0.3 is 4.90 Å². The highest BCUT2D eigenvalue weighted by atomic mass is 16.7. The zero-order chi connectivity index (χ0) is 17.7. The van der Waals surface area contributed by atoms with Gasteiger partial charge in [-0.15, -0.1) is 0 Å². The SMILES string of the molecule is CN(C)/C=N/c1cccc[n+]1Oc1ncc([N+](=O)[O-])cc1[N+](=O)[O-]. The number of nitro groups is 2. The zero-order valence-corrected chi connectivity index (χ0v) is 12.8. The predicted octanol–water partition coefficient (Wildman–Crippen LogP) is 1.25. The maximum atomic E-state index is 11.1. The summed E-state index contributed by atoms with van der Waals surface area (Å²) in [5.41, 5.74) is -1.12. The lowest BCUT2D eigenvalue weighted by molar-refractivity contribution is -0.865. The minimum atomic E-state index is -0.804. The number of aromatic nitrogens is 2. The minimum absolute atomic E-state index is 0.348. The van der Waals surface area contributed by atoms with Crippen molar-refractivity contribution in [2.45, 2.75) is 0 Å². The van der Waals surface area contributed by atoms with Crippen molar-refractivity contribution in [3.63, 3.8) is 0 Å². The monoisotopic (exact) mass is 333 g/mol. The maximum Gasteiger partial charge on any atom is 0.363 e. The number of hydrogen-bond donors (Lipinski definition) is 0. The third-order valence-corrected chi connectivity index (χ3v) is 2.63. The second-order valence-electron chi connectivity index (χ2n) is 4.72. The van der Waals surface area contributed by atoms with E-state index in [-0.39, 0.29) is 5.88 Å². The van der Waals surface area contributed by atoms with E-state index in [1.54, 1.807) is 37.2 Å². The van der Waals surface area contributed by atoms with E-state index in [4.69, 9.17) is 4.84 Å². The Morgan fingerprint density at radius 1 is 1.29 bits per heavy atom. The molecule has 0 radical (unpaired) electrons. The number of rotatable bonds is 6. The molecule has 2 aromatic heterocycles. The number of aliphatic imine (C=N–C) groups is 1. The molecule has 0 spiro atoms. The molecule has 0 amide bonds. The lowest BCUT2D eigenvalue weighted by Gasteiger charge is -2.03. The van der Waals surface area contributed by atoms with Gasteiger partial charge in [0.25, 0.3) is 5.69 Å². The Balaban J connectivity index is 2.41. The first-order valence-corrected chi connectivity index (χ1v) is 6.57. The summed E-state index contributed by atoms with van der Waals surface area (Å²) < 4.78 is 1.17. The minimum Gasteiger partial charge on any atom is -0.348 e. The number of nitrogens with zero attached hydrogens (tertiary/aromatic N) is 6. The Morgan fingerprint density at radius 2 is 2.04 bits per heavy atom. The molecule has 2 heterocycles. The molecule has 0 aromatic carbocycles. The van der Waals surface area contributed by atoms with Crippen LogP contribution >= 0.6 is 0 Å². The van der Waals surface area contributed by atoms with Gasteiger partial charge in [-0.1, -0.05) is 6.07 Å². The van der Waals surface area contributed by atoms with Crippen molar-refractivity contribution in [3.05, 3.63) is 56.9 Å². The molecule has 11 heteroatoms. The standard InChI is InChI=1S/C13H13N6O5/c1-16(2)9-15-12-5-3-4-6-17(12)24-13-11(19(22)23)7-10(8-14-13)18(20)21/h3-9H,1-2H3/q+1. The molecule has 124 valence electrons. The second kappa shape index (κ2) is 7.09. The van der Waals surface area contributed by atoms with Crippen LogP contribution in [0.4, 0.5) is 17.2 Å². The second-order valence-corrected chi connectivity index (χ2v) is 4.72.